The van der Waals surface area contributed by atoms with Crippen molar-refractivity contribution in [3.63, 3.8) is 0 Å². The Kier molecular flexibility index (Phi) is 2.61. The molecule has 21 heavy (non-hydrogen) atoms. The first-order valence-electron chi connectivity index (χ1n) is 6.94. The smallest absolute Gasteiger partial charge is 0.195 e. The summed E-state index contributed by atoms with van der Waals surface area (Å²) in [7, 11) is 0. The van der Waals surface area contributed by atoms with Gasteiger partial charge in [-0.1, -0.05) is 60.7 Å². The minimum Gasteiger partial charge on any atom is -0.354 e. The van der Waals surface area contributed by atoms with Crippen LogP contribution in [0.15, 0.2) is 72.8 Å². The highest BCUT2D eigenvalue weighted by Crippen LogP contribution is 2.28. The maximum atomic E-state index is 12.7. The number of aromatic amines is 1. The molecule has 0 saturated carbocycles. The maximum absolute atomic E-state index is 12.7. The Morgan fingerprint density at radius 3 is 2.29 bits per heavy atom. The van der Waals surface area contributed by atoms with E-state index in [0.29, 0.717) is 5.56 Å². The van der Waals surface area contributed by atoms with Gasteiger partial charge in [-0.15, -0.1) is 0 Å². The summed E-state index contributed by atoms with van der Waals surface area (Å²) in [5.41, 5.74) is 3.40. The molecule has 1 heterocycles. The van der Waals surface area contributed by atoms with Crippen LogP contribution in [-0.2, 0) is 0 Å². The molecule has 0 spiro atoms. The Labute approximate surface area is 122 Å². The molecular weight excluding hydrogens is 258 g/mol. The average molecular weight is 271 g/mol. The van der Waals surface area contributed by atoms with Gasteiger partial charge in [0.15, 0.2) is 5.78 Å². The monoisotopic (exact) mass is 271 g/mol. The lowest BCUT2D eigenvalue weighted by Crippen LogP contribution is -2.01. The molecule has 0 amide bonds. The van der Waals surface area contributed by atoms with E-state index in [2.05, 4.69) is 17.1 Å². The van der Waals surface area contributed by atoms with Gasteiger partial charge >= 0.3 is 0 Å². The van der Waals surface area contributed by atoms with E-state index in [0.717, 1.165) is 27.4 Å². The summed E-state index contributed by atoms with van der Waals surface area (Å²) in [4.78, 5) is 16.1. The fourth-order valence-corrected chi connectivity index (χ4v) is 2.81. The molecular formula is C19H13NO. The highest BCUT2D eigenvalue weighted by molar-refractivity contribution is 6.20. The second-order valence-corrected chi connectivity index (χ2v) is 5.09. The Morgan fingerprint density at radius 1 is 0.714 bits per heavy atom. The second kappa shape index (κ2) is 4.60. The number of fused-ring (bicyclic) bond motifs is 3. The first kappa shape index (κ1) is 11.9. The van der Waals surface area contributed by atoms with E-state index in [1.54, 1.807) is 0 Å². The van der Waals surface area contributed by atoms with Crippen LogP contribution in [0.25, 0.3) is 21.8 Å². The highest BCUT2D eigenvalue weighted by atomic mass is 16.1. The van der Waals surface area contributed by atoms with E-state index in [1.807, 2.05) is 60.7 Å². The predicted octanol–water partition coefficient (Wildman–Crippen LogP) is 4.55. The molecule has 4 aromatic rings. The van der Waals surface area contributed by atoms with E-state index < -0.39 is 0 Å². The van der Waals surface area contributed by atoms with Crippen LogP contribution in [0, 0.1) is 0 Å². The van der Waals surface area contributed by atoms with E-state index in [4.69, 9.17) is 0 Å². The van der Waals surface area contributed by atoms with Crippen LogP contribution in [0.2, 0.25) is 0 Å². The number of aromatic nitrogens is 1. The van der Waals surface area contributed by atoms with Gasteiger partial charge in [-0.05, 0) is 12.1 Å². The molecule has 3 aromatic carbocycles. The molecule has 0 aliphatic carbocycles. The minimum absolute atomic E-state index is 0.0488. The third-order valence-corrected chi connectivity index (χ3v) is 3.82. The number of benzene rings is 3. The summed E-state index contributed by atoms with van der Waals surface area (Å²) in [6, 6.07) is 23.4. The van der Waals surface area contributed by atoms with Gasteiger partial charge in [0.2, 0.25) is 0 Å². The second-order valence-electron chi connectivity index (χ2n) is 5.09. The number of H-pyrrole nitrogens is 1. The molecule has 0 radical (unpaired) electrons. The molecule has 2 heteroatoms. The SMILES string of the molecule is O=C(c1ccccc1)c1cccc2c1[nH]c1ccccc12. The number of carbonyl (C=O) groups excluding carboxylic acids is 1. The summed E-state index contributed by atoms with van der Waals surface area (Å²) in [5.74, 6) is 0.0488. The number of rotatable bonds is 2. The predicted molar refractivity (Wildman–Crippen MR) is 85.7 cm³/mol. The normalized spacial score (nSPS) is 11.0. The number of ketones is 1. The van der Waals surface area contributed by atoms with Crippen LogP contribution in [0.5, 0.6) is 0 Å². The van der Waals surface area contributed by atoms with Gasteiger partial charge in [-0.25, -0.2) is 0 Å². The number of hydrogen-bond donors (Lipinski definition) is 1. The summed E-state index contributed by atoms with van der Waals surface area (Å²) in [6.45, 7) is 0. The molecule has 2 nitrogen and oxygen atoms in total. The summed E-state index contributed by atoms with van der Waals surface area (Å²) < 4.78 is 0. The van der Waals surface area contributed by atoms with Crippen molar-refractivity contribution in [3.8, 4) is 0 Å². The fraction of sp³-hybridized carbons (Fsp3) is 0. The van der Waals surface area contributed by atoms with Crippen molar-refractivity contribution in [3.05, 3.63) is 83.9 Å². The van der Waals surface area contributed by atoms with Gasteiger partial charge in [0.1, 0.15) is 0 Å². The lowest BCUT2D eigenvalue weighted by molar-refractivity contribution is 0.104. The molecule has 0 aliphatic rings. The lowest BCUT2D eigenvalue weighted by Gasteiger charge is -2.02. The molecule has 0 saturated heterocycles. The molecule has 100 valence electrons. The van der Waals surface area contributed by atoms with E-state index >= 15 is 0 Å². The van der Waals surface area contributed by atoms with Gasteiger partial charge < -0.3 is 4.98 Å². The average Bonchev–Trinajstić information content (AvgIpc) is 2.94. The number of carbonyl (C=O) groups is 1. The lowest BCUT2D eigenvalue weighted by atomic mass is 10.0. The topological polar surface area (TPSA) is 32.9 Å². The molecule has 1 N–H and O–H groups in total. The Balaban J connectivity index is 1.99. The van der Waals surface area contributed by atoms with Crippen LogP contribution in [0.3, 0.4) is 0 Å². The van der Waals surface area contributed by atoms with E-state index in [9.17, 15) is 4.79 Å². The van der Waals surface area contributed by atoms with Crippen molar-refractivity contribution in [1.29, 1.82) is 0 Å². The van der Waals surface area contributed by atoms with Crippen molar-refractivity contribution in [2.45, 2.75) is 0 Å². The van der Waals surface area contributed by atoms with Crippen molar-refractivity contribution in [2.24, 2.45) is 0 Å². The first-order valence-corrected chi connectivity index (χ1v) is 6.94. The zero-order chi connectivity index (χ0) is 14.2. The van der Waals surface area contributed by atoms with Gasteiger partial charge in [0.25, 0.3) is 0 Å². The molecule has 0 fully saturated rings. The number of para-hydroxylation sites is 2. The molecule has 4 rings (SSSR count). The first-order chi connectivity index (χ1) is 10.3. The van der Waals surface area contributed by atoms with Gasteiger partial charge in [-0.3, -0.25) is 4.79 Å². The number of nitrogens with one attached hydrogen (secondary N) is 1. The molecule has 0 atom stereocenters. The molecule has 0 unspecified atom stereocenters. The number of hydrogen-bond acceptors (Lipinski definition) is 1. The van der Waals surface area contributed by atoms with Crippen LogP contribution >= 0.6 is 0 Å². The molecule has 1 aromatic heterocycles. The van der Waals surface area contributed by atoms with Crippen molar-refractivity contribution >= 4 is 27.6 Å². The van der Waals surface area contributed by atoms with E-state index in [-0.39, 0.29) is 5.78 Å². The maximum Gasteiger partial charge on any atom is 0.195 e. The summed E-state index contributed by atoms with van der Waals surface area (Å²) in [5, 5.41) is 2.24. The largest absolute Gasteiger partial charge is 0.354 e. The highest BCUT2D eigenvalue weighted by Gasteiger charge is 2.14. The van der Waals surface area contributed by atoms with Crippen LogP contribution < -0.4 is 0 Å². The third-order valence-electron chi connectivity index (χ3n) is 3.82. The summed E-state index contributed by atoms with van der Waals surface area (Å²) >= 11 is 0. The van der Waals surface area contributed by atoms with Crippen molar-refractivity contribution in [2.75, 3.05) is 0 Å². The Morgan fingerprint density at radius 2 is 1.43 bits per heavy atom. The molecule has 0 aliphatic heterocycles. The van der Waals surface area contributed by atoms with Crippen LogP contribution in [0.4, 0.5) is 0 Å². The van der Waals surface area contributed by atoms with Crippen molar-refractivity contribution in [1.82, 2.24) is 4.98 Å². The third kappa shape index (κ3) is 1.84. The van der Waals surface area contributed by atoms with E-state index in [1.165, 1.54) is 0 Å². The zero-order valence-corrected chi connectivity index (χ0v) is 11.3. The Hall–Kier alpha value is -2.87. The quantitative estimate of drug-likeness (QED) is 0.533. The van der Waals surface area contributed by atoms with Gasteiger partial charge in [0.05, 0.1) is 5.52 Å². The zero-order valence-electron chi connectivity index (χ0n) is 11.3. The Bertz CT molecular complexity index is 951. The minimum atomic E-state index is 0.0488. The van der Waals surface area contributed by atoms with Crippen LogP contribution in [-0.4, -0.2) is 10.8 Å². The summed E-state index contributed by atoms with van der Waals surface area (Å²) in [6.07, 6.45) is 0. The van der Waals surface area contributed by atoms with Crippen LogP contribution in [0.1, 0.15) is 15.9 Å². The van der Waals surface area contributed by atoms with Gasteiger partial charge in [0, 0.05) is 27.4 Å². The van der Waals surface area contributed by atoms with Gasteiger partial charge in [-0.2, -0.15) is 0 Å². The van der Waals surface area contributed by atoms with Crippen molar-refractivity contribution < 1.29 is 4.79 Å². The molecule has 0 bridgehead atoms. The standard InChI is InChI=1S/C19H13NO/c21-19(13-7-2-1-3-8-13)16-11-6-10-15-14-9-4-5-12-17(14)20-18(15)16/h1-12,20H. The fourth-order valence-electron chi connectivity index (χ4n) is 2.81.